The molecule has 1 N–H and O–H groups in total. The van der Waals surface area contributed by atoms with E-state index in [9.17, 15) is 4.79 Å². The molecule has 1 aromatic heterocycles. The first-order chi connectivity index (χ1) is 13.0. The fourth-order valence-electron chi connectivity index (χ4n) is 2.58. The zero-order chi connectivity index (χ0) is 19.4. The fraction of sp³-hybridized carbons (Fsp3) is 0.250. The molecule has 3 aromatic rings. The Labute approximate surface area is 162 Å². The molecule has 1 unspecified atom stereocenters. The number of benzene rings is 2. The summed E-state index contributed by atoms with van der Waals surface area (Å²) in [5.74, 6) is 0.888. The van der Waals surface area contributed by atoms with Crippen molar-refractivity contribution >= 4 is 23.4 Å². The molecule has 0 saturated heterocycles. The van der Waals surface area contributed by atoms with Gasteiger partial charge in [-0.25, -0.2) is 0 Å². The number of nitrogens with zero attached hydrogens (tertiary/aromatic N) is 2. The van der Waals surface area contributed by atoms with Crippen molar-refractivity contribution < 1.29 is 13.9 Å². The molecule has 27 heavy (non-hydrogen) atoms. The van der Waals surface area contributed by atoms with Crippen LogP contribution in [0.4, 0.5) is 5.69 Å². The number of ether oxygens (including phenoxy) is 1. The lowest BCUT2D eigenvalue weighted by atomic mass is 10.1. The maximum atomic E-state index is 12.5. The number of amides is 1. The molecule has 0 bridgehead atoms. The van der Waals surface area contributed by atoms with E-state index in [0.29, 0.717) is 22.4 Å². The smallest absolute Gasteiger partial charge is 0.277 e. The second-order valence-electron chi connectivity index (χ2n) is 6.14. The van der Waals surface area contributed by atoms with E-state index >= 15 is 0 Å². The molecule has 0 spiro atoms. The highest BCUT2D eigenvalue weighted by Gasteiger charge is 2.20. The van der Waals surface area contributed by atoms with E-state index in [0.717, 1.165) is 16.8 Å². The summed E-state index contributed by atoms with van der Waals surface area (Å²) in [7, 11) is 1.59. The highest BCUT2D eigenvalue weighted by molar-refractivity contribution is 8.00. The van der Waals surface area contributed by atoms with E-state index in [1.807, 2.05) is 56.3 Å². The number of methoxy groups -OCH3 is 1. The van der Waals surface area contributed by atoms with E-state index in [1.165, 1.54) is 11.8 Å². The molecule has 1 heterocycles. The van der Waals surface area contributed by atoms with E-state index in [-0.39, 0.29) is 5.91 Å². The van der Waals surface area contributed by atoms with Crippen LogP contribution in [0, 0.1) is 13.8 Å². The summed E-state index contributed by atoms with van der Waals surface area (Å²) >= 11 is 1.22. The standard InChI is InChI=1S/C20H21N3O3S/c1-12-9-10-16(13(2)11-12)21-18(24)14(3)27-20-23-22-19(26-20)15-7-5-6-8-17(15)25-4/h5-11,14H,1-4H3,(H,21,24). The number of rotatable bonds is 6. The molecule has 0 fully saturated rings. The molecule has 140 valence electrons. The number of hydrogen-bond acceptors (Lipinski definition) is 6. The lowest BCUT2D eigenvalue weighted by molar-refractivity contribution is -0.115. The summed E-state index contributed by atoms with van der Waals surface area (Å²) < 4.78 is 11.0. The van der Waals surface area contributed by atoms with Gasteiger partial charge in [0.1, 0.15) is 5.75 Å². The van der Waals surface area contributed by atoms with Gasteiger partial charge in [-0.1, -0.05) is 41.6 Å². The lowest BCUT2D eigenvalue weighted by Gasteiger charge is -2.12. The maximum Gasteiger partial charge on any atom is 0.277 e. The Morgan fingerprint density at radius 2 is 1.96 bits per heavy atom. The number of carbonyl (C=O) groups is 1. The second-order valence-corrected chi connectivity index (χ2v) is 7.43. The summed E-state index contributed by atoms with van der Waals surface area (Å²) in [6.07, 6.45) is 0. The number of carbonyl (C=O) groups excluding carboxylic acids is 1. The minimum atomic E-state index is -0.392. The highest BCUT2D eigenvalue weighted by atomic mass is 32.2. The molecular formula is C20H21N3O3S. The van der Waals surface area contributed by atoms with Crippen LogP contribution in [0.3, 0.4) is 0 Å². The normalized spacial score (nSPS) is 11.9. The van der Waals surface area contributed by atoms with Crippen molar-refractivity contribution in [2.45, 2.75) is 31.2 Å². The average Bonchev–Trinajstić information content (AvgIpc) is 3.12. The SMILES string of the molecule is COc1ccccc1-c1nnc(SC(C)C(=O)Nc2ccc(C)cc2C)o1. The van der Waals surface area contributed by atoms with Gasteiger partial charge in [0.05, 0.1) is 17.9 Å². The van der Waals surface area contributed by atoms with Crippen molar-refractivity contribution in [2.24, 2.45) is 0 Å². The number of nitrogens with one attached hydrogen (secondary N) is 1. The molecule has 0 aliphatic heterocycles. The Morgan fingerprint density at radius 3 is 2.70 bits per heavy atom. The van der Waals surface area contributed by atoms with E-state index < -0.39 is 5.25 Å². The third kappa shape index (κ3) is 4.49. The van der Waals surface area contributed by atoms with E-state index in [2.05, 4.69) is 15.5 Å². The summed E-state index contributed by atoms with van der Waals surface area (Å²) in [6.45, 7) is 5.79. The van der Waals surface area contributed by atoms with Crippen LogP contribution in [-0.2, 0) is 4.79 Å². The van der Waals surface area contributed by atoms with Gasteiger partial charge in [-0.2, -0.15) is 0 Å². The quantitative estimate of drug-likeness (QED) is 0.632. The predicted octanol–water partition coefficient (Wildman–Crippen LogP) is 4.48. The van der Waals surface area contributed by atoms with Crippen molar-refractivity contribution in [3.05, 3.63) is 53.6 Å². The third-order valence-electron chi connectivity index (χ3n) is 4.03. The Morgan fingerprint density at radius 1 is 1.19 bits per heavy atom. The number of aryl methyl sites for hydroxylation is 2. The molecule has 0 aliphatic rings. The minimum Gasteiger partial charge on any atom is -0.496 e. The summed E-state index contributed by atoms with van der Waals surface area (Å²) in [5, 5.41) is 11.0. The molecule has 2 aromatic carbocycles. The predicted molar refractivity (Wildman–Crippen MR) is 106 cm³/mol. The zero-order valence-electron chi connectivity index (χ0n) is 15.6. The van der Waals surface area contributed by atoms with Crippen LogP contribution in [0.15, 0.2) is 52.1 Å². The molecule has 0 radical (unpaired) electrons. The fourth-order valence-corrected chi connectivity index (χ4v) is 3.26. The van der Waals surface area contributed by atoms with Crippen molar-refractivity contribution in [1.82, 2.24) is 10.2 Å². The number of hydrogen-bond donors (Lipinski definition) is 1. The maximum absolute atomic E-state index is 12.5. The molecule has 3 rings (SSSR count). The van der Waals surface area contributed by atoms with Crippen LogP contribution in [0.1, 0.15) is 18.1 Å². The van der Waals surface area contributed by atoms with Gasteiger partial charge < -0.3 is 14.5 Å². The number of para-hydroxylation sites is 1. The molecule has 0 saturated carbocycles. The van der Waals surface area contributed by atoms with Gasteiger partial charge in [0, 0.05) is 5.69 Å². The Balaban J connectivity index is 1.68. The molecule has 7 heteroatoms. The van der Waals surface area contributed by atoms with Crippen LogP contribution >= 0.6 is 11.8 Å². The average molecular weight is 383 g/mol. The Hall–Kier alpha value is -2.80. The summed E-state index contributed by atoms with van der Waals surface area (Å²) in [6, 6.07) is 13.3. The molecule has 6 nitrogen and oxygen atoms in total. The molecule has 1 amide bonds. The van der Waals surface area contributed by atoms with Crippen LogP contribution in [-0.4, -0.2) is 28.5 Å². The van der Waals surface area contributed by atoms with Crippen molar-refractivity contribution in [3.8, 4) is 17.2 Å². The van der Waals surface area contributed by atoms with Crippen LogP contribution in [0.2, 0.25) is 0 Å². The van der Waals surface area contributed by atoms with Crippen molar-refractivity contribution in [3.63, 3.8) is 0 Å². The van der Waals surface area contributed by atoms with Crippen LogP contribution in [0.5, 0.6) is 5.75 Å². The Kier molecular flexibility index (Phi) is 5.81. The second kappa shape index (κ2) is 8.26. The van der Waals surface area contributed by atoms with Crippen LogP contribution < -0.4 is 10.1 Å². The Bertz CT molecular complexity index is 955. The third-order valence-corrected chi connectivity index (χ3v) is 4.96. The van der Waals surface area contributed by atoms with Gasteiger partial charge in [-0.05, 0) is 44.5 Å². The zero-order valence-corrected chi connectivity index (χ0v) is 16.5. The van der Waals surface area contributed by atoms with Gasteiger partial charge >= 0.3 is 0 Å². The first kappa shape index (κ1) is 19.0. The van der Waals surface area contributed by atoms with Gasteiger partial charge in [-0.3, -0.25) is 4.79 Å². The first-order valence-corrected chi connectivity index (χ1v) is 9.37. The lowest BCUT2D eigenvalue weighted by Crippen LogP contribution is -2.22. The van der Waals surface area contributed by atoms with E-state index in [1.54, 1.807) is 14.0 Å². The first-order valence-electron chi connectivity index (χ1n) is 8.49. The van der Waals surface area contributed by atoms with Crippen molar-refractivity contribution in [1.29, 1.82) is 0 Å². The molecule has 1 atom stereocenters. The van der Waals surface area contributed by atoms with Gasteiger partial charge in [0.2, 0.25) is 5.91 Å². The molecular weight excluding hydrogens is 362 g/mol. The minimum absolute atomic E-state index is 0.121. The van der Waals surface area contributed by atoms with Crippen LogP contribution in [0.25, 0.3) is 11.5 Å². The van der Waals surface area contributed by atoms with Gasteiger partial charge in [0.15, 0.2) is 0 Å². The largest absolute Gasteiger partial charge is 0.496 e. The number of aromatic nitrogens is 2. The number of thioether (sulfide) groups is 1. The number of anilines is 1. The van der Waals surface area contributed by atoms with Gasteiger partial charge in [0.25, 0.3) is 11.1 Å². The summed E-state index contributed by atoms with van der Waals surface area (Å²) in [4.78, 5) is 12.5. The monoisotopic (exact) mass is 383 g/mol. The summed E-state index contributed by atoms with van der Waals surface area (Å²) in [5.41, 5.74) is 3.70. The highest BCUT2D eigenvalue weighted by Crippen LogP contribution is 2.31. The van der Waals surface area contributed by atoms with Crippen molar-refractivity contribution in [2.75, 3.05) is 12.4 Å². The van der Waals surface area contributed by atoms with Gasteiger partial charge in [-0.15, -0.1) is 10.2 Å². The van der Waals surface area contributed by atoms with E-state index in [4.69, 9.17) is 9.15 Å². The topological polar surface area (TPSA) is 77.2 Å². The molecule has 0 aliphatic carbocycles.